The highest BCUT2D eigenvalue weighted by Crippen LogP contribution is 2.41. The topological polar surface area (TPSA) is 66.4 Å². The molecule has 4 nitrogen and oxygen atoms in total. The van der Waals surface area contributed by atoms with Crippen molar-refractivity contribution in [3.63, 3.8) is 0 Å². The van der Waals surface area contributed by atoms with Crippen LogP contribution in [0.1, 0.15) is 18.4 Å². The number of carbonyl (C=O) groups is 2. The highest BCUT2D eigenvalue weighted by molar-refractivity contribution is 6.02. The second kappa shape index (κ2) is 6.71. The Labute approximate surface area is 140 Å². The Bertz CT molecular complexity index is 809. The highest BCUT2D eigenvalue weighted by Gasteiger charge is 2.33. The monoisotopic (exact) mass is 321 g/mol. The summed E-state index contributed by atoms with van der Waals surface area (Å²) in [5.74, 6) is -1.37. The van der Waals surface area contributed by atoms with E-state index in [1.165, 1.54) is 0 Å². The highest BCUT2D eigenvalue weighted by atomic mass is 16.4. The van der Waals surface area contributed by atoms with Crippen molar-refractivity contribution in [1.29, 1.82) is 0 Å². The van der Waals surface area contributed by atoms with Gasteiger partial charge in [0.2, 0.25) is 5.91 Å². The van der Waals surface area contributed by atoms with Crippen molar-refractivity contribution in [2.75, 3.05) is 7.05 Å². The summed E-state index contributed by atoms with van der Waals surface area (Å²) in [6.07, 6.45) is 0.721. The third kappa shape index (κ3) is 2.95. The lowest BCUT2D eigenvalue weighted by atomic mass is 9.92. The molecule has 4 heteroatoms. The SMILES string of the molecule is CNC(=O)C1CC(C(=O)O)=C(c2ccccc2-c2ccccc2)C1. The minimum absolute atomic E-state index is 0.110. The fourth-order valence-electron chi connectivity index (χ4n) is 3.31. The van der Waals surface area contributed by atoms with Crippen molar-refractivity contribution < 1.29 is 14.7 Å². The van der Waals surface area contributed by atoms with Gasteiger partial charge in [-0.1, -0.05) is 54.6 Å². The van der Waals surface area contributed by atoms with Crippen molar-refractivity contribution in [2.24, 2.45) is 5.92 Å². The maximum absolute atomic E-state index is 12.0. The normalized spacial score (nSPS) is 17.0. The largest absolute Gasteiger partial charge is 0.478 e. The van der Waals surface area contributed by atoms with E-state index in [2.05, 4.69) is 5.32 Å². The van der Waals surface area contributed by atoms with Gasteiger partial charge in [-0.25, -0.2) is 4.79 Å². The van der Waals surface area contributed by atoms with Crippen molar-refractivity contribution in [2.45, 2.75) is 12.8 Å². The molecule has 0 bridgehead atoms. The van der Waals surface area contributed by atoms with Gasteiger partial charge in [-0.15, -0.1) is 0 Å². The maximum atomic E-state index is 12.0. The molecule has 0 fully saturated rings. The van der Waals surface area contributed by atoms with Crippen LogP contribution in [0.25, 0.3) is 16.7 Å². The summed E-state index contributed by atoms with van der Waals surface area (Å²) in [7, 11) is 1.58. The molecule has 1 aliphatic carbocycles. The van der Waals surface area contributed by atoms with Crippen molar-refractivity contribution >= 4 is 17.4 Å². The van der Waals surface area contributed by atoms with Gasteiger partial charge in [-0.2, -0.15) is 0 Å². The lowest BCUT2D eigenvalue weighted by molar-refractivity contribution is -0.132. The zero-order valence-corrected chi connectivity index (χ0v) is 13.5. The van der Waals surface area contributed by atoms with Crippen LogP contribution < -0.4 is 5.32 Å². The molecule has 0 radical (unpaired) electrons. The number of carboxylic acids is 1. The second-order valence-corrected chi connectivity index (χ2v) is 5.89. The standard InChI is InChI=1S/C20H19NO3/c1-21-19(22)14-11-17(18(12-14)20(23)24)16-10-6-5-9-15(16)13-7-3-2-4-8-13/h2-10,14H,11-12H2,1H3,(H,21,22)(H,23,24). The molecule has 0 spiro atoms. The summed E-state index contributed by atoms with van der Waals surface area (Å²) in [5, 5.41) is 12.2. The lowest BCUT2D eigenvalue weighted by Gasteiger charge is -2.13. The van der Waals surface area contributed by atoms with E-state index < -0.39 is 5.97 Å². The van der Waals surface area contributed by atoms with Gasteiger partial charge in [0, 0.05) is 18.5 Å². The average Bonchev–Trinajstić information content (AvgIpc) is 3.07. The number of rotatable bonds is 4. The number of benzene rings is 2. The molecule has 122 valence electrons. The number of hydrogen-bond donors (Lipinski definition) is 2. The van der Waals surface area contributed by atoms with Gasteiger partial charge in [0.15, 0.2) is 0 Å². The van der Waals surface area contributed by atoms with Gasteiger partial charge in [0.25, 0.3) is 0 Å². The first kappa shape index (κ1) is 16.0. The molecule has 24 heavy (non-hydrogen) atoms. The minimum Gasteiger partial charge on any atom is -0.478 e. The van der Waals surface area contributed by atoms with Crippen molar-refractivity contribution in [3.05, 3.63) is 65.7 Å². The number of allylic oxidation sites excluding steroid dienone is 1. The third-order valence-corrected chi connectivity index (χ3v) is 4.48. The Hall–Kier alpha value is -2.88. The molecule has 2 aromatic carbocycles. The van der Waals surface area contributed by atoms with Gasteiger partial charge in [-0.05, 0) is 35.1 Å². The molecule has 1 unspecified atom stereocenters. The predicted molar refractivity (Wildman–Crippen MR) is 93.2 cm³/mol. The van der Waals surface area contributed by atoms with Crippen molar-refractivity contribution in [1.82, 2.24) is 5.32 Å². The molecule has 2 aromatic rings. The second-order valence-electron chi connectivity index (χ2n) is 5.89. The van der Waals surface area contributed by atoms with E-state index in [1.54, 1.807) is 7.05 Å². The van der Waals surface area contributed by atoms with Crippen LogP contribution in [0.15, 0.2) is 60.2 Å². The quantitative estimate of drug-likeness (QED) is 0.907. The predicted octanol–water partition coefficient (Wildman–Crippen LogP) is 3.35. The van der Waals surface area contributed by atoms with Crippen LogP contribution in [-0.4, -0.2) is 24.0 Å². The molecule has 0 saturated heterocycles. The minimum atomic E-state index is -0.945. The van der Waals surface area contributed by atoms with E-state index in [1.807, 2.05) is 54.6 Å². The fraction of sp³-hybridized carbons (Fsp3) is 0.200. The molecular weight excluding hydrogens is 302 g/mol. The Balaban J connectivity index is 2.09. The summed E-state index contributed by atoms with van der Waals surface area (Å²) >= 11 is 0. The van der Waals surface area contributed by atoms with Gasteiger partial charge in [0.1, 0.15) is 0 Å². The van der Waals surface area contributed by atoms with Gasteiger partial charge < -0.3 is 10.4 Å². The van der Waals surface area contributed by atoms with Crippen LogP contribution >= 0.6 is 0 Å². The Morgan fingerprint density at radius 3 is 2.21 bits per heavy atom. The molecule has 0 saturated carbocycles. The average molecular weight is 321 g/mol. The van der Waals surface area contributed by atoms with Gasteiger partial charge in [-0.3, -0.25) is 4.79 Å². The third-order valence-electron chi connectivity index (χ3n) is 4.48. The smallest absolute Gasteiger partial charge is 0.331 e. The number of nitrogens with one attached hydrogen (secondary N) is 1. The number of aliphatic carboxylic acids is 1. The first-order chi connectivity index (χ1) is 11.6. The number of amides is 1. The molecule has 1 aliphatic rings. The number of carboxylic acid groups (broad SMARTS) is 1. The first-order valence-electron chi connectivity index (χ1n) is 7.93. The summed E-state index contributed by atoms with van der Waals surface area (Å²) < 4.78 is 0. The molecule has 0 aliphatic heterocycles. The van der Waals surface area contributed by atoms with Gasteiger partial charge >= 0.3 is 5.97 Å². The summed E-state index contributed by atoms with van der Waals surface area (Å²) in [6.45, 7) is 0. The number of carbonyl (C=O) groups excluding carboxylic acids is 1. The molecule has 3 rings (SSSR count). The maximum Gasteiger partial charge on any atom is 0.331 e. The fourth-order valence-corrected chi connectivity index (χ4v) is 3.31. The van der Waals surface area contributed by atoms with Gasteiger partial charge in [0.05, 0.1) is 0 Å². The van der Waals surface area contributed by atoms with Crippen molar-refractivity contribution in [3.8, 4) is 11.1 Å². The molecule has 1 atom stereocenters. The molecule has 0 aromatic heterocycles. The summed E-state index contributed by atoms with van der Waals surface area (Å²) in [6, 6.07) is 17.7. The van der Waals surface area contributed by atoms with Crippen LogP contribution in [-0.2, 0) is 9.59 Å². The molecule has 1 amide bonds. The molecule has 2 N–H and O–H groups in total. The summed E-state index contributed by atoms with van der Waals surface area (Å²) in [4.78, 5) is 23.7. The first-order valence-corrected chi connectivity index (χ1v) is 7.93. The Morgan fingerprint density at radius 1 is 0.958 bits per heavy atom. The van der Waals surface area contributed by atoms with E-state index in [4.69, 9.17) is 0 Å². The Kier molecular flexibility index (Phi) is 4.47. The van der Waals surface area contributed by atoms with E-state index in [-0.39, 0.29) is 18.2 Å². The van der Waals surface area contributed by atoms with Crippen LogP contribution in [0.4, 0.5) is 0 Å². The van der Waals surface area contributed by atoms with E-state index in [9.17, 15) is 14.7 Å². The zero-order chi connectivity index (χ0) is 17.1. The number of hydrogen-bond acceptors (Lipinski definition) is 2. The van der Waals surface area contributed by atoms with Crippen LogP contribution in [0.5, 0.6) is 0 Å². The van der Waals surface area contributed by atoms with Crippen LogP contribution in [0.3, 0.4) is 0 Å². The summed E-state index contributed by atoms with van der Waals surface area (Å²) in [5.41, 5.74) is 4.02. The molecular formula is C20H19NO3. The van der Waals surface area contributed by atoms with Crippen LogP contribution in [0, 0.1) is 5.92 Å². The lowest BCUT2D eigenvalue weighted by Crippen LogP contribution is -2.26. The van der Waals surface area contributed by atoms with E-state index >= 15 is 0 Å². The Morgan fingerprint density at radius 2 is 1.58 bits per heavy atom. The van der Waals surface area contributed by atoms with Crippen LogP contribution in [0.2, 0.25) is 0 Å². The van der Waals surface area contributed by atoms with E-state index in [0.717, 1.165) is 22.3 Å². The van der Waals surface area contributed by atoms with E-state index in [0.29, 0.717) is 12.0 Å². The molecule has 0 heterocycles. The zero-order valence-electron chi connectivity index (χ0n) is 13.5.